The topological polar surface area (TPSA) is 101 Å². The number of rotatable bonds is 6. The van der Waals surface area contributed by atoms with Crippen LogP contribution in [0.3, 0.4) is 0 Å². The molecule has 1 saturated heterocycles. The van der Waals surface area contributed by atoms with Crippen LogP contribution >= 0.6 is 0 Å². The maximum absolute atomic E-state index is 12.4. The van der Waals surface area contributed by atoms with Crippen molar-refractivity contribution in [1.82, 2.24) is 4.90 Å². The third-order valence-electron chi connectivity index (χ3n) is 3.35. The summed E-state index contributed by atoms with van der Waals surface area (Å²) in [6.45, 7) is 1.50. The van der Waals surface area contributed by atoms with Gasteiger partial charge in [-0.1, -0.05) is 6.92 Å². The van der Waals surface area contributed by atoms with E-state index in [0.717, 1.165) is 4.90 Å². The lowest BCUT2D eigenvalue weighted by Crippen LogP contribution is -2.45. The van der Waals surface area contributed by atoms with Gasteiger partial charge in [0.25, 0.3) is 6.08 Å². The largest absolute Gasteiger partial charge is 0.481 e. The molecule has 3 unspecified atom stereocenters. The van der Waals surface area contributed by atoms with E-state index in [9.17, 15) is 23.2 Å². The standard InChI is InChI=1S/C12H16F2N2O4/c1-2-8(11(15)19)16-5-6(3-9(13)14)7(12(16)20)4-10(17)18/h3,6-8H,2,4-5H2,1H3,(H2,15,19)(H,17,18). The van der Waals surface area contributed by atoms with Gasteiger partial charge in [0.15, 0.2) is 0 Å². The number of carboxylic acids is 1. The summed E-state index contributed by atoms with van der Waals surface area (Å²) in [5, 5.41) is 8.76. The van der Waals surface area contributed by atoms with E-state index < -0.39 is 48.2 Å². The van der Waals surface area contributed by atoms with Crippen molar-refractivity contribution in [1.29, 1.82) is 0 Å². The number of halogens is 2. The molecule has 0 aromatic rings. The number of nitrogens with two attached hydrogens (primary N) is 1. The van der Waals surface area contributed by atoms with Crippen molar-refractivity contribution in [3.05, 3.63) is 12.2 Å². The fourth-order valence-electron chi connectivity index (χ4n) is 2.45. The number of likely N-dealkylation sites (tertiary alicyclic amines) is 1. The van der Waals surface area contributed by atoms with Crippen molar-refractivity contribution in [2.45, 2.75) is 25.8 Å². The molecule has 1 aliphatic rings. The van der Waals surface area contributed by atoms with Gasteiger partial charge >= 0.3 is 5.97 Å². The first kappa shape index (κ1) is 16.1. The molecule has 1 fully saturated rings. The van der Waals surface area contributed by atoms with Crippen LogP contribution in [-0.2, 0) is 14.4 Å². The van der Waals surface area contributed by atoms with Crippen LogP contribution in [0.4, 0.5) is 8.78 Å². The Balaban J connectivity index is 3.03. The molecule has 0 saturated carbocycles. The highest BCUT2D eigenvalue weighted by atomic mass is 19.3. The van der Waals surface area contributed by atoms with E-state index in [1.165, 1.54) is 0 Å². The number of carbonyl (C=O) groups is 3. The van der Waals surface area contributed by atoms with Crippen LogP contribution in [0.15, 0.2) is 12.2 Å². The molecule has 112 valence electrons. The van der Waals surface area contributed by atoms with Crippen molar-refractivity contribution in [2.24, 2.45) is 17.6 Å². The molecule has 6 nitrogen and oxygen atoms in total. The Kier molecular flexibility index (Phi) is 5.18. The molecule has 1 rings (SSSR count). The monoisotopic (exact) mass is 290 g/mol. The summed E-state index contributed by atoms with van der Waals surface area (Å²) in [6, 6.07) is -0.903. The Morgan fingerprint density at radius 1 is 1.55 bits per heavy atom. The number of nitrogens with zero attached hydrogens (tertiary/aromatic N) is 1. The van der Waals surface area contributed by atoms with Gasteiger partial charge in [-0.05, 0) is 12.5 Å². The molecule has 1 aliphatic heterocycles. The zero-order valence-corrected chi connectivity index (χ0v) is 10.9. The van der Waals surface area contributed by atoms with E-state index in [-0.39, 0.29) is 13.0 Å². The van der Waals surface area contributed by atoms with Crippen molar-refractivity contribution < 1.29 is 28.3 Å². The van der Waals surface area contributed by atoms with Crippen molar-refractivity contribution in [2.75, 3.05) is 6.54 Å². The third-order valence-corrected chi connectivity index (χ3v) is 3.35. The molecule has 0 aromatic heterocycles. The molecule has 3 N–H and O–H groups in total. The van der Waals surface area contributed by atoms with Crippen LogP contribution in [0.5, 0.6) is 0 Å². The number of carbonyl (C=O) groups excluding carboxylic acids is 2. The Labute approximate surface area is 114 Å². The minimum Gasteiger partial charge on any atom is -0.481 e. The van der Waals surface area contributed by atoms with Crippen molar-refractivity contribution >= 4 is 17.8 Å². The summed E-state index contributed by atoms with van der Waals surface area (Å²) in [4.78, 5) is 35.2. The van der Waals surface area contributed by atoms with Gasteiger partial charge in [-0.2, -0.15) is 8.78 Å². The smallest absolute Gasteiger partial charge is 0.304 e. The Bertz CT molecular complexity index is 449. The van der Waals surface area contributed by atoms with Crippen molar-refractivity contribution in [3.8, 4) is 0 Å². The summed E-state index contributed by atoms with van der Waals surface area (Å²) in [5.41, 5.74) is 5.17. The van der Waals surface area contributed by atoms with Gasteiger partial charge in [0, 0.05) is 12.5 Å². The molecule has 1 heterocycles. The van der Waals surface area contributed by atoms with Crippen LogP contribution < -0.4 is 5.73 Å². The van der Waals surface area contributed by atoms with E-state index in [0.29, 0.717) is 6.08 Å². The number of carboxylic acid groups (broad SMARTS) is 1. The predicted octanol–water partition coefficient (Wildman–Crippen LogP) is 0.580. The highest BCUT2D eigenvalue weighted by molar-refractivity contribution is 5.91. The Hall–Kier alpha value is -1.99. The lowest BCUT2D eigenvalue weighted by Gasteiger charge is -2.24. The second-order valence-electron chi connectivity index (χ2n) is 4.64. The van der Waals surface area contributed by atoms with Gasteiger partial charge in [-0.15, -0.1) is 0 Å². The normalized spacial score (nSPS) is 23.6. The van der Waals surface area contributed by atoms with E-state index >= 15 is 0 Å². The van der Waals surface area contributed by atoms with Gasteiger partial charge in [0.05, 0.1) is 12.3 Å². The molecule has 2 amide bonds. The highest BCUT2D eigenvalue weighted by Gasteiger charge is 2.44. The number of aliphatic carboxylic acids is 1. The lowest BCUT2D eigenvalue weighted by molar-refractivity contribution is -0.144. The second kappa shape index (κ2) is 6.44. The summed E-state index contributed by atoms with van der Waals surface area (Å²) in [7, 11) is 0. The average Bonchev–Trinajstić information content (AvgIpc) is 2.57. The predicted molar refractivity (Wildman–Crippen MR) is 64.5 cm³/mol. The maximum atomic E-state index is 12.4. The Morgan fingerprint density at radius 2 is 2.15 bits per heavy atom. The van der Waals surface area contributed by atoms with Crippen LogP contribution in [0, 0.1) is 11.8 Å². The minimum atomic E-state index is -1.98. The molecule has 20 heavy (non-hydrogen) atoms. The van der Waals surface area contributed by atoms with Gasteiger partial charge in [0.1, 0.15) is 6.04 Å². The number of hydrogen-bond acceptors (Lipinski definition) is 3. The third kappa shape index (κ3) is 3.52. The first-order valence-electron chi connectivity index (χ1n) is 6.12. The molecule has 0 radical (unpaired) electrons. The van der Waals surface area contributed by atoms with Gasteiger partial charge < -0.3 is 15.7 Å². The highest BCUT2D eigenvalue weighted by Crippen LogP contribution is 2.32. The Morgan fingerprint density at radius 3 is 2.55 bits per heavy atom. The molecule has 8 heteroatoms. The van der Waals surface area contributed by atoms with Crippen LogP contribution in [0.2, 0.25) is 0 Å². The van der Waals surface area contributed by atoms with Crippen LogP contribution in [0.1, 0.15) is 19.8 Å². The average molecular weight is 290 g/mol. The fraction of sp³-hybridized carbons (Fsp3) is 0.583. The summed E-state index contributed by atoms with van der Waals surface area (Å²) in [6.07, 6.45) is -1.72. The zero-order valence-electron chi connectivity index (χ0n) is 10.9. The van der Waals surface area contributed by atoms with Crippen LogP contribution in [0.25, 0.3) is 0 Å². The summed E-state index contributed by atoms with van der Waals surface area (Å²) in [5.74, 6) is -4.64. The number of amides is 2. The summed E-state index contributed by atoms with van der Waals surface area (Å²) < 4.78 is 24.8. The minimum absolute atomic E-state index is 0.129. The zero-order chi connectivity index (χ0) is 15.4. The molecule has 3 atom stereocenters. The summed E-state index contributed by atoms with van der Waals surface area (Å²) >= 11 is 0. The van der Waals surface area contributed by atoms with E-state index in [2.05, 4.69) is 0 Å². The molecule has 0 spiro atoms. The van der Waals surface area contributed by atoms with Gasteiger partial charge in [-0.3, -0.25) is 14.4 Å². The molecular weight excluding hydrogens is 274 g/mol. The lowest BCUT2D eigenvalue weighted by atomic mass is 9.92. The molecular formula is C12H16F2N2O4. The van der Waals surface area contributed by atoms with Crippen LogP contribution in [-0.4, -0.2) is 40.4 Å². The SMILES string of the molecule is CCC(C(N)=O)N1CC(C=C(F)F)C(CC(=O)O)C1=O. The van der Waals surface area contributed by atoms with E-state index in [4.69, 9.17) is 10.8 Å². The van der Waals surface area contributed by atoms with Crippen molar-refractivity contribution in [3.63, 3.8) is 0 Å². The number of primary amides is 1. The maximum Gasteiger partial charge on any atom is 0.304 e. The van der Waals surface area contributed by atoms with Gasteiger partial charge in [-0.25, -0.2) is 0 Å². The first-order valence-corrected chi connectivity index (χ1v) is 6.12. The second-order valence-corrected chi connectivity index (χ2v) is 4.64. The van der Waals surface area contributed by atoms with Gasteiger partial charge in [0.2, 0.25) is 11.8 Å². The number of hydrogen-bond donors (Lipinski definition) is 2. The molecule has 0 aromatic carbocycles. The molecule has 0 bridgehead atoms. The first-order chi connectivity index (χ1) is 9.27. The quantitative estimate of drug-likeness (QED) is 0.747. The molecule has 0 aliphatic carbocycles. The van der Waals surface area contributed by atoms with E-state index in [1.54, 1.807) is 6.92 Å². The van der Waals surface area contributed by atoms with E-state index in [1.807, 2.05) is 0 Å². The fourth-order valence-corrected chi connectivity index (χ4v) is 2.45.